The van der Waals surface area contributed by atoms with Crippen LogP contribution in [-0.2, 0) is 6.42 Å². The zero-order valence-corrected chi connectivity index (χ0v) is 14.5. The molecule has 1 aliphatic rings. The average Bonchev–Trinajstić information content (AvgIpc) is 3.35. The van der Waals surface area contributed by atoms with E-state index in [0.717, 1.165) is 47.2 Å². The third-order valence-electron chi connectivity index (χ3n) is 4.55. The second-order valence-corrected chi connectivity index (χ2v) is 6.21. The minimum absolute atomic E-state index is 0.265. The Hall–Kier alpha value is -3.61. The van der Waals surface area contributed by atoms with Crippen LogP contribution in [0.1, 0.15) is 5.56 Å². The molecule has 7 heteroatoms. The summed E-state index contributed by atoms with van der Waals surface area (Å²) in [5.41, 5.74) is 4.01. The number of aromatic nitrogens is 4. The second kappa shape index (κ2) is 6.60. The van der Waals surface area contributed by atoms with E-state index in [4.69, 9.17) is 9.47 Å². The van der Waals surface area contributed by atoms with Crippen molar-refractivity contribution >= 4 is 11.5 Å². The molecule has 0 radical (unpaired) electrons. The van der Waals surface area contributed by atoms with Gasteiger partial charge in [0.05, 0.1) is 11.9 Å². The monoisotopic (exact) mass is 359 g/mol. The topological polar surface area (TPSA) is 73.6 Å². The van der Waals surface area contributed by atoms with Crippen LogP contribution in [0.5, 0.6) is 11.5 Å². The molecule has 1 aromatic carbocycles. The maximum absolute atomic E-state index is 5.49. The predicted octanol–water partition coefficient (Wildman–Crippen LogP) is 3.17. The highest BCUT2D eigenvalue weighted by molar-refractivity contribution is 5.72. The summed E-state index contributed by atoms with van der Waals surface area (Å²) in [6.45, 7) is 1.03. The SMILES string of the molecule is c1cc(CCNc2nccn3c(-c4ccc5c(c4)OCO5)cnc23)ccn1. The van der Waals surface area contributed by atoms with E-state index in [-0.39, 0.29) is 6.79 Å². The van der Waals surface area contributed by atoms with Gasteiger partial charge in [-0.1, -0.05) is 0 Å². The van der Waals surface area contributed by atoms with Crippen molar-refractivity contribution in [2.75, 3.05) is 18.7 Å². The van der Waals surface area contributed by atoms with Crippen molar-refractivity contribution < 1.29 is 9.47 Å². The van der Waals surface area contributed by atoms with Crippen molar-refractivity contribution in [2.24, 2.45) is 0 Å². The molecule has 0 atom stereocenters. The molecule has 0 spiro atoms. The molecule has 0 fully saturated rings. The van der Waals surface area contributed by atoms with Crippen LogP contribution in [0.15, 0.2) is 61.3 Å². The van der Waals surface area contributed by atoms with Crippen molar-refractivity contribution in [1.82, 2.24) is 19.4 Å². The molecule has 5 rings (SSSR count). The zero-order valence-electron chi connectivity index (χ0n) is 14.5. The summed E-state index contributed by atoms with van der Waals surface area (Å²) in [5.74, 6) is 2.29. The fourth-order valence-corrected chi connectivity index (χ4v) is 3.19. The number of fused-ring (bicyclic) bond motifs is 2. The molecule has 0 unspecified atom stereocenters. The van der Waals surface area contributed by atoms with Crippen molar-refractivity contribution in [3.8, 4) is 22.8 Å². The number of rotatable bonds is 5. The van der Waals surface area contributed by atoms with Gasteiger partial charge in [-0.25, -0.2) is 9.97 Å². The summed E-state index contributed by atoms with van der Waals surface area (Å²) in [5, 5.41) is 3.38. The van der Waals surface area contributed by atoms with E-state index >= 15 is 0 Å². The molecular weight excluding hydrogens is 342 g/mol. The van der Waals surface area contributed by atoms with E-state index in [1.165, 1.54) is 5.56 Å². The minimum Gasteiger partial charge on any atom is -0.454 e. The van der Waals surface area contributed by atoms with Gasteiger partial charge in [0.2, 0.25) is 6.79 Å². The number of benzene rings is 1. The lowest BCUT2D eigenvalue weighted by Crippen LogP contribution is -2.08. The average molecular weight is 359 g/mol. The Kier molecular flexibility index (Phi) is 3.82. The lowest BCUT2D eigenvalue weighted by Gasteiger charge is -2.08. The molecule has 0 saturated carbocycles. The number of ether oxygens (including phenoxy) is 2. The number of anilines is 1. The Bertz CT molecular complexity index is 1090. The Morgan fingerprint density at radius 1 is 1.00 bits per heavy atom. The quantitative estimate of drug-likeness (QED) is 0.590. The van der Waals surface area contributed by atoms with Crippen LogP contribution in [0.25, 0.3) is 16.9 Å². The fourth-order valence-electron chi connectivity index (χ4n) is 3.19. The molecule has 3 aromatic heterocycles. The summed E-state index contributed by atoms with van der Waals surface area (Å²) < 4.78 is 12.9. The fraction of sp³-hybridized carbons (Fsp3) is 0.150. The molecule has 4 aromatic rings. The molecule has 7 nitrogen and oxygen atoms in total. The Morgan fingerprint density at radius 2 is 1.89 bits per heavy atom. The van der Waals surface area contributed by atoms with E-state index in [9.17, 15) is 0 Å². The summed E-state index contributed by atoms with van der Waals surface area (Å²) in [6, 6.07) is 9.94. The van der Waals surface area contributed by atoms with Crippen LogP contribution in [0.4, 0.5) is 5.82 Å². The number of imidazole rings is 1. The van der Waals surface area contributed by atoms with Gasteiger partial charge in [0.25, 0.3) is 0 Å². The summed E-state index contributed by atoms with van der Waals surface area (Å²) in [7, 11) is 0. The van der Waals surface area contributed by atoms with Gasteiger partial charge in [0, 0.05) is 36.9 Å². The van der Waals surface area contributed by atoms with Crippen molar-refractivity contribution in [1.29, 1.82) is 0 Å². The van der Waals surface area contributed by atoms with E-state index in [1.54, 1.807) is 18.6 Å². The Labute approximate surface area is 155 Å². The number of hydrogen-bond donors (Lipinski definition) is 1. The van der Waals surface area contributed by atoms with Crippen LogP contribution in [-0.4, -0.2) is 32.7 Å². The van der Waals surface area contributed by atoms with Crippen molar-refractivity contribution in [3.63, 3.8) is 0 Å². The van der Waals surface area contributed by atoms with Crippen LogP contribution >= 0.6 is 0 Å². The van der Waals surface area contributed by atoms with Gasteiger partial charge in [-0.2, -0.15) is 0 Å². The van der Waals surface area contributed by atoms with Crippen molar-refractivity contribution in [2.45, 2.75) is 6.42 Å². The zero-order chi connectivity index (χ0) is 18.1. The molecule has 4 heterocycles. The van der Waals surface area contributed by atoms with Crippen molar-refractivity contribution in [3.05, 3.63) is 66.9 Å². The number of nitrogens with one attached hydrogen (secondary N) is 1. The number of hydrogen-bond acceptors (Lipinski definition) is 6. The van der Waals surface area contributed by atoms with E-state index < -0.39 is 0 Å². The second-order valence-electron chi connectivity index (χ2n) is 6.21. The molecule has 0 amide bonds. The Morgan fingerprint density at radius 3 is 2.81 bits per heavy atom. The van der Waals surface area contributed by atoms with E-state index in [1.807, 2.05) is 47.1 Å². The van der Waals surface area contributed by atoms with Gasteiger partial charge >= 0.3 is 0 Å². The summed E-state index contributed by atoms with van der Waals surface area (Å²) in [4.78, 5) is 13.1. The molecular formula is C20H17N5O2. The first-order valence-corrected chi connectivity index (χ1v) is 8.73. The van der Waals surface area contributed by atoms with Gasteiger partial charge in [-0.05, 0) is 42.3 Å². The molecule has 0 aliphatic carbocycles. The van der Waals surface area contributed by atoms with Gasteiger partial charge in [0.15, 0.2) is 23.0 Å². The largest absolute Gasteiger partial charge is 0.454 e. The number of nitrogens with zero attached hydrogens (tertiary/aromatic N) is 4. The third kappa shape index (κ3) is 2.93. The molecule has 27 heavy (non-hydrogen) atoms. The maximum Gasteiger partial charge on any atom is 0.231 e. The first kappa shape index (κ1) is 15.6. The van der Waals surface area contributed by atoms with Gasteiger partial charge in [0.1, 0.15) is 0 Å². The van der Waals surface area contributed by atoms with Gasteiger partial charge < -0.3 is 14.8 Å². The number of pyridine rings is 1. The van der Waals surface area contributed by atoms with Crippen LogP contribution in [0.3, 0.4) is 0 Å². The lowest BCUT2D eigenvalue weighted by molar-refractivity contribution is 0.174. The standard InChI is InChI=1S/C20H17N5O2/c1-2-17-18(27-13-26-17)11-15(1)16-12-24-20-19(23-9-10-25(16)20)22-8-5-14-3-6-21-7-4-14/h1-4,6-7,9-12H,5,8,13H2,(H,22,23). The van der Waals surface area contributed by atoms with Gasteiger partial charge in [-0.3, -0.25) is 9.38 Å². The third-order valence-corrected chi connectivity index (χ3v) is 4.55. The van der Waals surface area contributed by atoms with Crippen LogP contribution in [0.2, 0.25) is 0 Å². The van der Waals surface area contributed by atoms with E-state index in [0.29, 0.717) is 0 Å². The van der Waals surface area contributed by atoms with Crippen LogP contribution in [0, 0.1) is 0 Å². The highest BCUT2D eigenvalue weighted by atomic mass is 16.7. The van der Waals surface area contributed by atoms with E-state index in [2.05, 4.69) is 20.3 Å². The summed E-state index contributed by atoms with van der Waals surface area (Å²) >= 11 is 0. The molecule has 134 valence electrons. The molecule has 1 aliphatic heterocycles. The summed E-state index contributed by atoms with van der Waals surface area (Å²) in [6.07, 6.45) is 10.0. The van der Waals surface area contributed by atoms with Gasteiger partial charge in [-0.15, -0.1) is 0 Å². The first-order valence-electron chi connectivity index (χ1n) is 8.73. The highest BCUT2D eigenvalue weighted by Crippen LogP contribution is 2.36. The Balaban J connectivity index is 1.41. The van der Waals surface area contributed by atoms with Crippen LogP contribution < -0.4 is 14.8 Å². The molecule has 0 bridgehead atoms. The smallest absolute Gasteiger partial charge is 0.231 e. The highest BCUT2D eigenvalue weighted by Gasteiger charge is 2.16. The first-order chi connectivity index (χ1) is 13.4. The normalized spacial score (nSPS) is 12.4. The maximum atomic E-state index is 5.49. The predicted molar refractivity (Wildman–Crippen MR) is 101 cm³/mol. The molecule has 0 saturated heterocycles. The molecule has 1 N–H and O–H groups in total. The lowest BCUT2D eigenvalue weighted by atomic mass is 10.1. The minimum atomic E-state index is 0.265.